The molecule has 1 aliphatic heterocycles. The first kappa shape index (κ1) is 18.0. The molecular weight excluding hydrogens is 326 g/mol. The number of aryl methyl sites for hydroxylation is 1. The molecule has 3 rings (SSSR count). The van der Waals surface area contributed by atoms with E-state index < -0.39 is 0 Å². The number of nitrogens with zero attached hydrogens (tertiary/aromatic N) is 3. The second-order valence-corrected chi connectivity index (χ2v) is 6.42. The van der Waals surface area contributed by atoms with E-state index in [0.29, 0.717) is 23.1 Å². The zero-order valence-corrected chi connectivity index (χ0v) is 15.2. The molecule has 1 atom stereocenters. The molecule has 0 radical (unpaired) electrons. The molecular formula is C19H25N7. The first-order chi connectivity index (χ1) is 12.7. The Morgan fingerprint density at radius 1 is 1.31 bits per heavy atom. The fraction of sp³-hybridized carbons (Fsp3) is 0.368. The van der Waals surface area contributed by atoms with Gasteiger partial charge in [0.25, 0.3) is 0 Å². The molecule has 2 aromatic rings. The number of allylic oxidation sites excluding steroid dienone is 1. The molecule has 7 heteroatoms. The lowest BCUT2D eigenvalue weighted by Gasteiger charge is -2.23. The van der Waals surface area contributed by atoms with Crippen molar-refractivity contribution in [1.29, 1.82) is 5.41 Å². The second kappa shape index (κ2) is 8.53. The van der Waals surface area contributed by atoms with E-state index in [2.05, 4.69) is 25.9 Å². The summed E-state index contributed by atoms with van der Waals surface area (Å²) in [5.74, 6) is 2.32. The third-order valence-corrected chi connectivity index (χ3v) is 4.35. The first-order valence-corrected chi connectivity index (χ1v) is 8.87. The van der Waals surface area contributed by atoms with Crippen LogP contribution in [0.15, 0.2) is 30.6 Å². The second-order valence-electron chi connectivity index (χ2n) is 6.42. The normalized spacial score (nSPS) is 17.6. The summed E-state index contributed by atoms with van der Waals surface area (Å²) >= 11 is 0. The Morgan fingerprint density at radius 3 is 2.88 bits per heavy atom. The molecule has 0 spiro atoms. The summed E-state index contributed by atoms with van der Waals surface area (Å²) in [6.07, 6.45) is 7.01. The zero-order chi connectivity index (χ0) is 18.4. The number of rotatable bonds is 6. The number of anilines is 2. The molecule has 1 fully saturated rings. The Hall–Kier alpha value is -2.80. The van der Waals surface area contributed by atoms with Gasteiger partial charge in [0.15, 0.2) is 5.82 Å². The standard InChI is InChI=1S/C19H25N7/c1-13-5-7-23-17(8-13)25-18-9-16(14-4-3-6-22-12-14)24-19(26-18)15(10-20)11-21-2/h5,7-11,14,20-22H,3-4,6,12H2,1-2H3,(H,23,24,25,26)/b15-11+,20-10?. The van der Waals surface area contributed by atoms with Crippen LogP contribution in [0.2, 0.25) is 0 Å². The van der Waals surface area contributed by atoms with Crippen LogP contribution in [0.25, 0.3) is 5.57 Å². The van der Waals surface area contributed by atoms with Crippen molar-refractivity contribution < 1.29 is 0 Å². The molecule has 0 amide bonds. The lowest BCUT2D eigenvalue weighted by atomic mass is 9.95. The zero-order valence-electron chi connectivity index (χ0n) is 15.2. The molecule has 0 aliphatic carbocycles. The maximum absolute atomic E-state index is 7.68. The van der Waals surface area contributed by atoms with Crippen LogP contribution in [0.5, 0.6) is 0 Å². The van der Waals surface area contributed by atoms with Gasteiger partial charge in [0.2, 0.25) is 0 Å². The monoisotopic (exact) mass is 351 g/mol. The molecule has 0 bridgehead atoms. The minimum Gasteiger partial charge on any atom is -0.393 e. The van der Waals surface area contributed by atoms with Gasteiger partial charge in [-0.15, -0.1) is 0 Å². The van der Waals surface area contributed by atoms with Gasteiger partial charge < -0.3 is 21.4 Å². The average Bonchev–Trinajstić information content (AvgIpc) is 2.66. The van der Waals surface area contributed by atoms with E-state index in [1.165, 1.54) is 6.21 Å². The molecule has 1 aliphatic rings. The predicted octanol–water partition coefficient (Wildman–Crippen LogP) is 2.60. The number of hydrogen-bond donors (Lipinski definition) is 4. The summed E-state index contributed by atoms with van der Waals surface area (Å²) < 4.78 is 0. The van der Waals surface area contributed by atoms with Crippen molar-refractivity contribution in [3.8, 4) is 0 Å². The summed E-state index contributed by atoms with van der Waals surface area (Å²) in [5, 5.41) is 17.3. The predicted molar refractivity (Wildman–Crippen MR) is 105 cm³/mol. The van der Waals surface area contributed by atoms with Gasteiger partial charge in [0.1, 0.15) is 11.6 Å². The van der Waals surface area contributed by atoms with Crippen molar-refractivity contribution in [3.63, 3.8) is 0 Å². The Labute approximate surface area is 153 Å². The lowest BCUT2D eigenvalue weighted by Crippen LogP contribution is -2.29. The van der Waals surface area contributed by atoms with Crippen LogP contribution in [0.1, 0.15) is 35.8 Å². The largest absolute Gasteiger partial charge is 0.393 e. The van der Waals surface area contributed by atoms with Gasteiger partial charge in [0.05, 0.1) is 11.3 Å². The Balaban J connectivity index is 1.98. The van der Waals surface area contributed by atoms with Crippen LogP contribution in [-0.2, 0) is 0 Å². The SMILES string of the molecule is CN/C=C(\C=N)c1nc(Nc2cc(C)ccn2)cc(C2CCCNC2)n1. The maximum atomic E-state index is 7.68. The number of pyridine rings is 1. The van der Waals surface area contributed by atoms with Gasteiger partial charge in [-0.25, -0.2) is 15.0 Å². The summed E-state index contributed by atoms with van der Waals surface area (Å²) in [7, 11) is 1.80. The summed E-state index contributed by atoms with van der Waals surface area (Å²) in [5.41, 5.74) is 2.75. The highest BCUT2D eigenvalue weighted by molar-refractivity contribution is 6.06. The molecule has 3 heterocycles. The number of nitrogens with one attached hydrogen (secondary N) is 4. The highest BCUT2D eigenvalue weighted by Crippen LogP contribution is 2.25. The van der Waals surface area contributed by atoms with Crippen LogP contribution >= 0.6 is 0 Å². The smallest absolute Gasteiger partial charge is 0.164 e. The molecule has 2 aromatic heterocycles. The third kappa shape index (κ3) is 4.43. The number of piperidine rings is 1. The molecule has 7 nitrogen and oxygen atoms in total. The van der Waals surface area contributed by atoms with Crippen molar-refractivity contribution >= 4 is 23.4 Å². The van der Waals surface area contributed by atoms with E-state index in [9.17, 15) is 0 Å². The van der Waals surface area contributed by atoms with E-state index in [1.54, 1.807) is 19.4 Å². The van der Waals surface area contributed by atoms with Gasteiger partial charge in [-0.2, -0.15) is 0 Å². The third-order valence-electron chi connectivity index (χ3n) is 4.35. The molecule has 0 aromatic carbocycles. The van der Waals surface area contributed by atoms with E-state index in [4.69, 9.17) is 10.4 Å². The van der Waals surface area contributed by atoms with E-state index in [-0.39, 0.29) is 0 Å². The van der Waals surface area contributed by atoms with Crippen LogP contribution < -0.4 is 16.0 Å². The minimum atomic E-state index is 0.345. The fourth-order valence-electron chi connectivity index (χ4n) is 3.03. The van der Waals surface area contributed by atoms with E-state index in [1.807, 2.05) is 25.1 Å². The molecule has 0 saturated carbocycles. The highest BCUT2D eigenvalue weighted by Gasteiger charge is 2.19. The summed E-state index contributed by atoms with van der Waals surface area (Å²) in [4.78, 5) is 13.7. The Bertz CT molecular complexity index is 794. The van der Waals surface area contributed by atoms with E-state index >= 15 is 0 Å². The van der Waals surface area contributed by atoms with Crippen LogP contribution in [-0.4, -0.2) is 41.3 Å². The van der Waals surface area contributed by atoms with Crippen LogP contribution in [0.4, 0.5) is 11.6 Å². The van der Waals surface area contributed by atoms with Crippen molar-refractivity contribution in [3.05, 3.63) is 47.7 Å². The van der Waals surface area contributed by atoms with Gasteiger partial charge in [-0.3, -0.25) is 0 Å². The summed E-state index contributed by atoms with van der Waals surface area (Å²) in [6, 6.07) is 5.93. The van der Waals surface area contributed by atoms with Crippen LogP contribution in [0, 0.1) is 12.3 Å². The van der Waals surface area contributed by atoms with Gasteiger partial charge >= 0.3 is 0 Å². The van der Waals surface area contributed by atoms with Crippen molar-refractivity contribution in [1.82, 2.24) is 25.6 Å². The minimum absolute atomic E-state index is 0.345. The van der Waals surface area contributed by atoms with Gasteiger partial charge in [-0.1, -0.05) is 0 Å². The number of aromatic nitrogens is 3. The summed E-state index contributed by atoms with van der Waals surface area (Å²) in [6.45, 7) is 3.99. The number of hydrogen-bond acceptors (Lipinski definition) is 7. The van der Waals surface area contributed by atoms with E-state index in [0.717, 1.165) is 43.0 Å². The fourth-order valence-corrected chi connectivity index (χ4v) is 3.03. The molecule has 1 unspecified atom stereocenters. The van der Waals surface area contributed by atoms with Crippen LogP contribution in [0.3, 0.4) is 0 Å². The lowest BCUT2D eigenvalue weighted by molar-refractivity contribution is 0.454. The highest BCUT2D eigenvalue weighted by atomic mass is 15.1. The molecule has 4 N–H and O–H groups in total. The van der Waals surface area contributed by atoms with Crippen molar-refractivity contribution in [2.24, 2.45) is 0 Å². The Kier molecular flexibility index (Phi) is 5.91. The Morgan fingerprint density at radius 2 is 2.19 bits per heavy atom. The van der Waals surface area contributed by atoms with Gasteiger partial charge in [-0.05, 0) is 44.0 Å². The maximum Gasteiger partial charge on any atom is 0.164 e. The van der Waals surface area contributed by atoms with Gasteiger partial charge in [0, 0.05) is 44.2 Å². The quantitative estimate of drug-likeness (QED) is 0.597. The molecule has 26 heavy (non-hydrogen) atoms. The van der Waals surface area contributed by atoms with Crippen molar-refractivity contribution in [2.75, 3.05) is 25.5 Å². The first-order valence-electron chi connectivity index (χ1n) is 8.87. The topological polar surface area (TPSA) is 98.6 Å². The molecule has 1 saturated heterocycles. The molecule has 136 valence electrons. The van der Waals surface area contributed by atoms with Crippen molar-refractivity contribution in [2.45, 2.75) is 25.7 Å². The average molecular weight is 351 g/mol.